The molecule has 52 heavy (non-hydrogen) atoms. The summed E-state index contributed by atoms with van der Waals surface area (Å²) in [6, 6.07) is 5.48. The van der Waals surface area contributed by atoms with Crippen molar-refractivity contribution in [2.24, 2.45) is 0 Å². The Balaban J connectivity index is 1.42. The molecule has 3 amide bonds. The first-order valence-electron chi connectivity index (χ1n) is 16.8. The molecule has 0 spiro atoms. The van der Waals surface area contributed by atoms with Crippen LogP contribution < -0.4 is 5.32 Å². The number of carbonyl (C=O) groups excluding carboxylic acids is 3. The van der Waals surface area contributed by atoms with E-state index in [4.69, 9.17) is 0 Å². The Kier molecular flexibility index (Phi) is 11.6. The lowest BCUT2D eigenvalue weighted by Crippen LogP contribution is -2.54. The first-order chi connectivity index (χ1) is 24.3. The van der Waals surface area contributed by atoms with Crippen molar-refractivity contribution in [2.45, 2.75) is 82.6 Å². The molecule has 284 valence electrons. The van der Waals surface area contributed by atoms with Crippen LogP contribution >= 0.6 is 0 Å². The lowest BCUT2D eigenvalue weighted by atomic mass is 9.95. The number of piperidine rings is 2. The maximum atomic E-state index is 14.0. The van der Waals surface area contributed by atoms with Gasteiger partial charge in [0, 0.05) is 49.6 Å². The van der Waals surface area contributed by atoms with E-state index in [9.17, 15) is 53.9 Å². The van der Waals surface area contributed by atoms with Crippen molar-refractivity contribution in [3.63, 3.8) is 0 Å². The zero-order valence-corrected chi connectivity index (χ0v) is 28.1. The van der Waals surface area contributed by atoms with E-state index >= 15 is 0 Å². The Morgan fingerprint density at radius 1 is 0.865 bits per heavy atom. The molecule has 2 fully saturated rings. The fraction of sp³-hybridized carbons (Fsp3) is 0.514. The number of carbonyl (C=O) groups is 3. The van der Waals surface area contributed by atoms with Crippen molar-refractivity contribution in [3.05, 3.63) is 70.4 Å². The Hall–Kier alpha value is -4.12. The number of para-hydroxylation sites is 1. The monoisotopic (exact) mass is 747 g/mol. The maximum absolute atomic E-state index is 14.0. The van der Waals surface area contributed by atoms with Crippen LogP contribution in [-0.2, 0) is 45.9 Å². The number of benzene rings is 2. The van der Waals surface area contributed by atoms with E-state index in [0.717, 1.165) is 45.7 Å². The quantitative estimate of drug-likeness (QED) is 0.236. The molecule has 1 unspecified atom stereocenters. The third-order valence-electron chi connectivity index (χ3n) is 9.64. The van der Waals surface area contributed by atoms with Gasteiger partial charge in [0.25, 0.3) is 5.91 Å². The highest BCUT2D eigenvalue weighted by Gasteiger charge is 2.50. The minimum Gasteiger partial charge on any atom is -0.361 e. The maximum Gasteiger partial charge on any atom is 0.417 e. The summed E-state index contributed by atoms with van der Waals surface area (Å²) in [6.45, 7) is 2.73. The number of amides is 3. The standard InChI is InChI=1S/C35H38F9N5O3/c1-21(50)49(19-22-15-26(33(36,37)38)31(35(42,43)44)27(16-22)34(39,40)41)32(52)29(17-23-18-45-28-8-4-3-7-25(23)28)46-30(51)20-47-13-9-24(10-14-47)48-11-5-2-6-12-48/h3-4,7-8,15-16,18,24,29,45H,2,5-6,9-14,17,19-20H2,1H3,(H,46,51). The van der Waals surface area contributed by atoms with Gasteiger partial charge in [0.05, 0.1) is 29.8 Å². The third kappa shape index (κ3) is 9.26. The van der Waals surface area contributed by atoms with Crippen LogP contribution in [0, 0.1) is 0 Å². The topological polar surface area (TPSA) is 88.8 Å². The molecule has 1 atom stereocenters. The van der Waals surface area contributed by atoms with Crippen molar-refractivity contribution >= 4 is 28.6 Å². The summed E-state index contributed by atoms with van der Waals surface area (Å²) in [6.07, 6.45) is -11.3. The molecule has 2 aliphatic heterocycles. The minimum absolute atomic E-state index is 0.118. The molecule has 1 aromatic heterocycles. The molecule has 0 radical (unpaired) electrons. The van der Waals surface area contributed by atoms with E-state index < -0.39 is 71.1 Å². The predicted molar refractivity (Wildman–Crippen MR) is 171 cm³/mol. The number of aromatic nitrogens is 1. The number of aromatic amines is 1. The van der Waals surface area contributed by atoms with Crippen LogP contribution in [0.1, 0.15) is 66.8 Å². The molecule has 2 aliphatic rings. The summed E-state index contributed by atoms with van der Waals surface area (Å²) in [5.41, 5.74) is -8.01. The SMILES string of the molecule is CC(=O)N(Cc1cc(C(F)(F)F)c(C(F)(F)F)c(C(F)(F)F)c1)C(=O)C(Cc1c[nH]c2ccccc12)NC(=O)CN1CCC(N2CCCCC2)CC1. The largest absolute Gasteiger partial charge is 0.417 e. The number of nitrogens with zero attached hydrogens (tertiary/aromatic N) is 3. The Morgan fingerprint density at radius 2 is 1.46 bits per heavy atom. The smallest absolute Gasteiger partial charge is 0.361 e. The Bertz CT molecular complexity index is 1720. The molecular weight excluding hydrogens is 709 g/mol. The van der Waals surface area contributed by atoms with Gasteiger partial charge < -0.3 is 15.2 Å². The number of imide groups is 1. The molecule has 5 rings (SSSR count). The van der Waals surface area contributed by atoms with E-state index in [-0.39, 0.29) is 25.1 Å². The number of fused-ring (bicyclic) bond motifs is 1. The molecule has 3 heterocycles. The summed E-state index contributed by atoms with van der Waals surface area (Å²) < 4.78 is 124. The van der Waals surface area contributed by atoms with Gasteiger partial charge in [-0.05, 0) is 68.1 Å². The van der Waals surface area contributed by atoms with Crippen LogP contribution in [0.5, 0.6) is 0 Å². The minimum atomic E-state index is -6.04. The number of halogens is 9. The van der Waals surface area contributed by atoms with Gasteiger partial charge in [-0.15, -0.1) is 0 Å². The number of hydrogen-bond donors (Lipinski definition) is 2. The number of H-pyrrole nitrogens is 1. The summed E-state index contributed by atoms with van der Waals surface area (Å²) in [7, 11) is 0. The van der Waals surface area contributed by atoms with Crippen LogP contribution in [0.25, 0.3) is 10.9 Å². The van der Waals surface area contributed by atoms with E-state index in [1.807, 2.05) is 4.90 Å². The van der Waals surface area contributed by atoms with Gasteiger partial charge in [-0.25, -0.2) is 0 Å². The van der Waals surface area contributed by atoms with Crippen molar-refractivity contribution < 1.29 is 53.9 Å². The molecule has 0 saturated carbocycles. The fourth-order valence-electron chi connectivity index (χ4n) is 7.15. The lowest BCUT2D eigenvalue weighted by molar-refractivity contribution is -0.174. The van der Waals surface area contributed by atoms with Gasteiger partial charge in [0.2, 0.25) is 11.8 Å². The molecule has 2 aromatic carbocycles. The van der Waals surface area contributed by atoms with E-state index in [0.29, 0.717) is 40.5 Å². The highest BCUT2D eigenvalue weighted by molar-refractivity contribution is 5.99. The molecule has 2 N–H and O–H groups in total. The highest BCUT2D eigenvalue weighted by atomic mass is 19.4. The van der Waals surface area contributed by atoms with Crippen molar-refractivity contribution in [3.8, 4) is 0 Å². The van der Waals surface area contributed by atoms with Gasteiger partial charge >= 0.3 is 18.5 Å². The van der Waals surface area contributed by atoms with Gasteiger partial charge in [0.1, 0.15) is 6.04 Å². The van der Waals surface area contributed by atoms with E-state index in [1.165, 1.54) is 6.42 Å². The number of hydrogen-bond acceptors (Lipinski definition) is 5. The second kappa shape index (κ2) is 15.5. The molecule has 17 heteroatoms. The van der Waals surface area contributed by atoms with Crippen molar-refractivity contribution in [1.29, 1.82) is 0 Å². The molecule has 0 bridgehead atoms. The average Bonchev–Trinajstić information content (AvgIpc) is 3.48. The zero-order chi connectivity index (χ0) is 38.0. The van der Waals surface area contributed by atoms with E-state index in [2.05, 4.69) is 15.2 Å². The van der Waals surface area contributed by atoms with Gasteiger partial charge in [-0.2, -0.15) is 39.5 Å². The Morgan fingerprint density at radius 3 is 2.02 bits per heavy atom. The number of rotatable bonds is 9. The molecule has 8 nitrogen and oxygen atoms in total. The van der Waals surface area contributed by atoms with Crippen molar-refractivity contribution in [2.75, 3.05) is 32.7 Å². The van der Waals surface area contributed by atoms with Gasteiger partial charge in [-0.1, -0.05) is 24.6 Å². The van der Waals surface area contributed by atoms with Crippen LogP contribution in [0.4, 0.5) is 39.5 Å². The molecular formula is C35H38F9N5O3. The fourth-order valence-corrected chi connectivity index (χ4v) is 7.15. The molecule has 2 saturated heterocycles. The number of alkyl halides is 9. The Labute approximate surface area is 293 Å². The summed E-state index contributed by atoms with van der Waals surface area (Å²) in [4.78, 5) is 47.9. The second-order valence-electron chi connectivity index (χ2n) is 13.3. The summed E-state index contributed by atoms with van der Waals surface area (Å²) >= 11 is 0. The van der Waals surface area contributed by atoms with Crippen molar-refractivity contribution in [1.82, 2.24) is 25.0 Å². The second-order valence-corrected chi connectivity index (χ2v) is 13.3. The normalized spacial score (nSPS) is 17.7. The number of likely N-dealkylation sites (tertiary alicyclic amines) is 2. The lowest BCUT2D eigenvalue weighted by Gasteiger charge is -2.40. The molecule has 3 aromatic rings. The van der Waals surface area contributed by atoms with Crippen LogP contribution in [0.15, 0.2) is 42.6 Å². The van der Waals surface area contributed by atoms with Crippen LogP contribution in [0.3, 0.4) is 0 Å². The van der Waals surface area contributed by atoms with Crippen LogP contribution in [0.2, 0.25) is 0 Å². The van der Waals surface area contributed by atoms with E-state index in [1.54, 1.807) is 30.5 Å². The predicted octanol–water partition coefficient (Wildman–Crippen LogP) is 6.78. The molecule has 0 aliphatic carbocycles. The van der Waals surface area contributed by atoms with Gasteiger partial charge in [0.15, 0.2) is 0 Å². The first kappa shape index (κ1) is 39.1. The highest BCUT2D eigenvalue weighted by Crippen LogP contribution is 2.47. The third-order valence-corrected chi connectivity index (χ3v) is 9.64. The number of nitrogens with one attached hydrogen (secondary N) is 2. The average molecular weight is 748 g/mol. The zero-order valence-electron chi connectivity index (χ0n) is 28.1. The van der Waals surface area contributed by atoms with Crippen LogP contribution in [-0.4, -0.2) is 82.2 Å². The summed E-state index contributed by atoms with van der Waals surface area (Å²) in [5, 5.41) is 3.26. The first-order valence-corrected chi connectivity index (χ1v) is 16.8. The van der Waals surface area contributed by atoms with Gasteiger partial charge in [-0.3, -0.25) is 24.2 Å². The summed E-state index contributed by atoms with van der Waals surface area (Å²) in [5.74, 6) is -2.90.